The van der Waals surface area contributed by atoms with E-state index in [1.807, 2.05) is 6.92 Å². The number of carboxylic acid groups (broad SMARTS) is 1. The predicted octanol–water partition coefficient (Wildman–Crippen LogP) is 1.61. The molecule has 0 radical (unpaired) electrons. The Labute approximate surface area is 120 Å². The van der Waals surface area contributed by atoms with Crippen LogP contribution in [-0.4, -0.2) is 40.5 Å². The van der Waals surface area contributed by atoms with E-state index in [9.17, 15) is 14.7 Å². The maximum absolute atomic E-state index is 12.8. The second-order valence-electron chi connectivity index (χ2n) is 6.21. The summed E-state index contributed by atoms with van der Waals surface area (Å²) in [5.74, 6) is -0.635. The summed E-state index contributed by atoms with van der Waals surface area (Å²) in [5, 5.41) is 9.66. The first-order chi connectivity index (χ1) is 9.56. The molecule has 1 amide bonds. The molecule has 5 heteroatoms. The Morgan fingerprint density at radius 2 is 2.10 bits per heavy atom. The van der Waals surface area contributed by atoms with Gasteiger partial charge in [0.25, 0.3) is 0 Å². The fourth-order valence-electron chi connectivity index (χ4n) is 4.05. The van der Waals surface area contributed by atoms with Crippen LogP contribution in [0.25, 0.3) is 0 Å². The van der Waals surface area contributed by atoms with Crippen molar-refractivity contribution < 1.29 is 14.7 Å². The SMILES string of the molecule is CCCC1(C(=O)O)CCCN1C(=O)C1CCCC1CN. The molecule has 1 aliphatic carbocycles. The number of carbonyl (C=O) groups excluding carboxylic acids is 1. The van der Waals surface area contributed by atoms with Gasteiger partial charge in [-0.3, -0.25) is 4.79 Å². The molecule has 0 aromatic heterocycles. The topological polar surface area (TPSA) is 83.6 Å². The molecule has 1 saturated heterocycles. The van der Waals surface area contributed by atoms with Gasteiger partial charge in [0.15, 0.2) is 0 Å². The quantitative estimate of drug-likeness (QED) is 0.802. The van der Waals surface area contributed by atoms with Gasteiger partial charge < -0.3 is 15.7 Å². The zero-order chi connectivity index (χ0) is 14.8. The number of nitrogens with two attached hydrogens (primary N) is 1. The average molecular weight is 282 g/mol. The Balaban J connectivity index is 2.21. The van der Waals surface area contributed by atoms with Crippen molar-refractivity contribution in [3.8, 4) is 0 Å². The van der Waals surface area contributed by atoms with Gasteiger partial charge in [0.05, 0.1) is 0 Å². The number of amides is 1. The highest BCUT2D eigenvalue weighted by Gasteiger charge is 2.51. The highest BCUT2D eigenvalue weighted by atomic mass is 16.4. The Morgan fingerprint density at radius 3 is 2.70 bits per heavy atom. The van der Waals surface area contributed by atoms with Gasteiger partial charge in [-0.1, -0.05) is 19.8 Å². The normalized spacial score (nSPS) is 33.6. The average Bonchev–Trinajstić information content (AvgIpc) is 3.05. The van der Waals surface area contributed by atoms with E-state index in [-0.39, 0.29) is 17.7 Å². The number of aliphatic carboxylic acids is 1. The molecule has 1 aliphatic heterocycles. The first-order valence-electron chi connectivity index (χ1n) is 7.81. The summed E-state index contributed by atoms with van der Waals surface area (Å²) in [5.41, 5.74) is 4.79. The van der Waals surface area contributed by atoms with Crippen LogP contribution >= 0.6 is 0 Å². The molecule has 114 valence electrons. The van der Waals surface area contributed by atoms with E-state index in [1.165, 1.54) is 0 Å². The van der Waals surface area contributed by atoms with Gasteiger partial charge in [-0.25, -0.2) is 4.79 Å². The van der Waals surface area contributed by atoms with Crippen LogP contribution in [0.1, 0.15) is 51.9 Å². The summed E-state index contributed by atoms with van der Waals surface area (Å²) >= 11 is 0. The summed E-state index contributed by atoms with van der Waals surface area (Å²) in [4.78, 5) is 26.3. The van der Waals surface area contributed by atoms with E-state index >= 15 is 0 Å². The summed E-state index contributed by atoms with van der Waals surface area (Å²) in [6, 6.07) is 0. The summed E-state index contributed by atoms with van der Waals surface area (Å²) in [6.45, 7) is 3.08. The second kappa shape index (κ2) is 6.12. The zero-order valence-electron chi connectivity index (χ0n) is 12.3. The van der Waals surface area contributed by atoms with Crippen LogP contribution in [0.3, 0.4) is 0 Å². The minimum absolute atomic E-state index is 0.0336. The van der Waals surface area contributed by atoms with Crippen molar-refractivity contribution in [3.05, 3.63) is 0 Å². The standard InChI is InChI=1S/C15H26N2O3/c1-2-7-15(14(19)20)8-4-9-17(15)13(18)12-6-3-5-11(12)10-16/h11-12H,2-10,16H2,1H3,(H,19,20). The minimum atomic E-state index is -0.965. The lowest BCUT2D eigenvalue weighted by Crippen LogP contribution is -2.55. The molecule has 0 aromatic carbocycles. The number of hydrogen-bond donors (Lipinski definition) is 2. The molecular formula is C15H26N2O3. The lowest BCUT2D eigenvalue weighted by molar-refractivity contribution is -0.159. The molecule has 1 saturated carbocycles. The van der Waals surface area contributed by atoms with Gasteiger partial charge in [0, 0.05) is 12.5 Å². The summed E-state index contributed by atoms with van der Waals surface area (Å²) in [6.07, 6.45) is 5.59. The fourth-order valence-corrected chi connectivity index (χ4v) is 4.05. The lowest BCUT2D eigenvalue weighted by Gasteiger charge is -2.37. The Kier molecular flexibility index (Phi) is 4.68. The number of carbonyl (C=O) groups is 2. The number of likely N-dealkylation sites (tertiary alicyclic amines) is 1. The van der Waals surface area contributed by atoms with Crippen molar-refractivity contribution in [2.75, 3.05) is 13.1 Å². The van der Waals surface area contributed by atoms with E-state index < -0.39 is 11.5 Å². The predicted molar refractivity (Wildman–Crippen MR) is 76.1 cm³/mol. The van der Waals surface area contributed by atoms with Crippen LogP contribution in [0.15, 0.2) is 0 Å². The zero-order valence-corrected chi connectivity index (χ0v) is 12.3. The maximum atomic E-state index is 12.8. The molecule has 5 nitrogen and oxygen atoms in total. The van der Waals surface area contributed by atoms with Crippen LogP contribution in [0, 0.1) is 11.8 Å². The maximum Gasteiger partial charge on any atom is 0.329 e. The largest absolute Gasteiger partial charge is 0.479 e. The van der Waals surface area contributed by atoms with Gasteiger partial charge in [0.2, 0.25) is 5.91 Å². The van der Waals surface area contributed by atoms with Gasteiger partial charge in [-0.2, -0.15) is 0 Å². The summed E-state index contributed by atoms with van der Waals surface area (Å²) < 4.78 is 0. The molecule has 2 fully saturated rings. The molecule has 2 aliphatic rings. The van der Waals surface area contributed by atoms with Gasteiger partial charge in [-0.15, -0.1) is 0 Å². The molecule has 3 unspecified atom stereocenters. The van der Waals surface area contributed by atoms with Crippen LogP contribution in [0.2, 0.25) is 0 Å². The first-order valence-corrected chi connectivity index (χ1v) is 7.81. The van der Waals surface area contributed by atoms with Gasteiger partial charge in [-0.05, 0) is 44.6 Å². The molecule has 1 heterocycles. The van der Waals surface area contributed by atoms with E-state index in [2.05, 4.69) is 0 Å². The third-order valence-corrected chi connectivity index (χ3v) is 5.10. The minimum Gasteiger partial charge on any atom is -0.479 e. The lowest BCUT2D eigenvalue weighted by atomic mass is 9.88. The fraction of sp³-hybridized carbons (Fsp3) is 0.867. The van der Waals surface area contributed by atoms with Crippen molar-refractivity contribution in [1.29, 1.82) is 0 Å². The van der Waals surface area contributed by atoms with E-state index in [1.54, 1.807) is 4.90 Å². The third-order valence-electron chi connectivity index (χ3n) is 5.10. The van der Waals surface area contributed by atoms with Crippen molar-refractivity contribution >= 4 is 11.9 Å². The third kappa shape index (κ3) is 2.43. The molecule has 0 aromatic rings. The highest BCUT2D eigenvalue weighted by Crippen LogP contribution is 2.39. The smallest absolute Gasteiger partial charge is 0.329 e. The van der Waals surface area contributed by atoms with Gasteiger partial charge >= 0.3 is 5.97 Å². The highest BCUT2D eigenvalue weighted by molar-refractivity contribution is 5.89. The molecule has 0 bridgehead atoms. The number of carboxylic acids is 1. The van der Waals surface area contributed by atoms with E-state index in [4.69, 9.17) is 5.73 Å². The second-order valence-corrected chi connectivity index (χ2v) is 6.21. The van der Waals surface area contributed by atoms with Gasteiger partial charge in [0.1, 0.15) is 5.54 Å². The van der Waals surface area contributed by atoms with E-state index in [0.29, 0.717) is 25.9 Å². The summed E-state index contributed by atoms with van der Waals surface area (Å²) in [7, 11) is 0. The molecule has 0 spiro atoms. The number of nitrogens with zero attached hydrogens (tertiary/aromatic N) is 1. The van der Waals surface area contributed by atoms with Crippen molar-refractivity contribution in [2.45, 2.75) is 57.4 Å². The van der Waals surface area contributed by atoms with Crippen LogP contribution in [-0.2, 0) is 9.59 Å². The van der Waals surface area contributed by atoms with Crippen LogP contribution in [0.5, 0.6) is 0 Å². The molecular weight excluding hydrogens is 256 g/mol. The van der Waals surface area contributed by atoms with Crippen molar-refractivity contribution in [2.24, 2.45) is 17.6 Å². The van der Waals surface area contributed by atoms with Crippen LogP contribution < -0.4 is 5.73 Å². The first kappa shape index (κ1) is 15.3. The molecule has 3 N–H and O–H groups in total. The Morgan fingerprint density at radius 1 is 1.35 bits per heavy atom. The Hall–Kier alpha value is -1.10. The van der Waals surface area contributed by atoms with Crippen molar-refractivity contribution in [3.63, 3.8) is 0 Å². The number of hydrogen-bond acceptors (Lipinski definition) is 3. The molecule has 3 atom stereocenters. The van der Waals surface area contributed by atoms with Crippen molar-refractivity contribution in [1.82, 2.24) is 4.90 Å². The number of rotatable bonds is 5. The Bertz CT molecular complexity index is 385. The van der Waals surface area contributed by atoms with E-state index in [0.717, 1.165) is 32.1 Å². The molecule has 20 heavy (non-hydrogen) atoms. The monoisotopic (exact) mass is 282 g/mol. The van der Waals surface area contributed by atoms with Crippen LogP contribution in [0.4, 0.5) is 0 Å². The molecule has 2 rings (SSSR count).